The first-order chi connectivity index (χ1) is 11.3. The molecule has 0 spiro atoms. The summed E-state index contributed by atoms with van der Waals surface area (Å²) in [6, 6.07) is 13.9. The predicted molar refractivity (Wildman–Crippen MR) is 95.5 cm³/mol. The zero-order chi connectivity index (χ0) is 15.9. The molecule has 0 aliphatic carbocycles. The lowest BCUT2D eigenvalue weighted by Crippen LogP contribution is -2.28. The van der Waals surface area contributed by atoms with E-state index in [-0.39, 0.29) is 5.91 Å². The molecule has 23 heavy (non-hydrogen) atoms. The average molecular weight is 322 g/mol. The molecule has 0 bridgehead atoms. The van der Waals surface area contributed by atoms with Gasteiger partial charge in [0.25, 0.3) is 5.91 Å². The summed E-state index contributed by atoms with van der Waals surface area (Å²) in [7, 11) is 0. The number of aromatic nitrogens is 1. The number of rotatable bonds is 5. The normalized spacial score (nSPS) is 13.8. The van der Waals surface area contributed by atoms with Crippen molar-refractivity contribution in [1.29, 1.82) is 0 Å². The highest BCUT2D eigenvalue weighted by Gasteiger charge is 2.19. The molecule has 0 atom stereocenters. The maximum Gasteiger partial charge on any atom is 0.257 e. The van der Waals surface area contributed by atoms with Gasteiger partial charge in [-0.3, -0.25) is 4.79 Å². The van der Waals surface area contributed by atoms with Crippen molar-refractivity contribution in [2.45, 2.75) is 5.03 Å². The predicted octanol–water partition coefficient (Wildman–Crippen LogP) is 3.90. The summed E-state index contributed by atoms with van der Waals surface area (Å²) >= 11 is 1.59. The summed E-state index contributed by atoms with van der Waals surface area (Å²) in [4.78, 5) is 18.7. The fourth-order valence-electron chi connectivity index (χ4n) is 2.36. The van der Waals surface area contributed by atoms with Crippen LogP contribution in [0.1, 0.15) is 15.9 Å². The SMILES string of the molecule is O=C(c1cccnc1SC/C=C/c1ccccc1)N1CC=CC1. The highest BCUT2D eigenvalue weighted by Crippen LogP contribution is 2.22. The van der Waals surface area contributed by atoms with Crippen molar-refractivity contribution in [3.63, 3.8) is 0 Å². The van der Waals surface area contributed by atoms with Crippen LogP contribution in [0.3, 0.4) is 0 Å². The number of benzene rings is 1. The maximum atomic E-state index is 12.5. The third-order valence-electron chi connectivity index (χ3n) is 3.53. The maximum absolute atomic E-state index is 12.5. The molecule has 3 nitrogen and oxygen atoms in total. The summed E-state index contributed by atoms with van der Waals surface area (Å²) in [5.74, 6) is 0.836. The fraction of sp³-hybridized carbons (Fsp3) is 0.158. The molecule has 0 fully saturated rings. The molecular weight excluding hydrogens is 304 g/mol. The number of hydrogen-bond donors (Lipinski definition) is 0. The van der Waals surface area contributed by atoms with Crippen LogP contribution < -0.4 is 0 Å². The molecule has 1 aromatic heterocycles. The average Bonchev–Trinajstić information content (AvgIpc) is 3.14. The van der Waals surface area contributed by atoms with Gasteiger partial charge in [-0.05, 0) is 17.7 Å². The zero-order valence-electron chi connectivity index (χ0n) is 12.8. The summed E-state index contributed by atoms with van der Waals surface area (Å²) < 4.78 is 0. The van der Waals surface area contributed by atoms with Gasteiger partial charge in [-0.15, -0.1) is 11.8 Å². The van der Waals surface area contributed by atoms with Gasteiger partial charge < -0.3 is 4.90 Å². The van der Waals surface area contributed by atoms with E-state index in [2.05, 4.69) is 29.3 Å². The lowest BCUT2D eigenvalue weighted by molar-refractivity contribution is 0.0796. The highest BCUT2D eigenvalue weighted by atomic mass is 32.2. The lowest BCUT2D eigenvalue weighted by Gasteiger charge is -2.16. The lowest BCUT2D eigenvalue weighted by atomic mass is 10.2. The van der Waals surface area contributed by atoms with E-state index in [0.717, 1.165) is 10.8 Å². The van der Waals surface area contributed by atoms with Gasteiger partial charge in [0.2, 0.25) is 0 Å². The molecule has 4 heteroatoms. The number of hydrogen-bond acceptors (Lipinski definition) is 3. The largest absolute Gasteiger partial charge is 0.331 e. The van der Waals surface area contributed by atoms with Gasteiger partial charge in [0.15, 0.2) is 0 Å². The molecular formula is C19H18N2OS. The van der Waals surface area contributed by atoms with Gasteiger partial charge in [-0.1, -0.05) is 54.6 Å². The number of amides is 1. The minimum Gasteiger partial charge on any atom is -0.331 e. The van der Waals surface area contributed by atoms with Crippen LogP contribution in [0.25, 0.3) is 6.08 Å². The van der Waals surface area contributed by atoms with Crippen molar-refractivity contribution in [2.24, 2.45) is 0 Å². The molecule has 0 saturated heterocycles. The summed E-state index contributed by atoms with van der Waals surface area (Å²) in [6.45, 7) is 1.37. The Morgan fingerprint density at radius 3 is 2.70 bits per heavy atom. The van der Waals surface area contributed by atoms with Crippen molar-refractivity contribution in [3.8, 4) is 0 Å². The number of carbonyl (C=O) groups is 1. The van der Waals surface area contributed by atoms with Crippen LogP contribution >= 0.6 is 11.8 Å². The number of carbonyl (C=O) groups excluding carboxylic acids is 1. The van der Waals surface area contributed by atoms with Gasteiger partial charge in [-0.25, -0.2) is 4.98 Å². The molecule has 0 saturated carbocycles. The van der Waals surface area contributed by atoms with Crippen molar-refractivity contribution in [2.75, 3.05) is 18.8 Å². The van der Waals surface area contributed by atoms with E-state index in [1.165, 1.54) is 5.56 Å². The van der Waals surface area contributed by atoms with Crippen LogP contribution in [0, 0.1) is 0 Å². The Morgan fingerprint density at radius 1 is 1.13 bits per heavy atom. The van der Waals surface area contributed by atoms with Crippen LogP contribution in [0.5, 0.6) is 0 Å². The smallest absolute Gasteiger partial charge is 0.257 e. The first-order valence-corrected chi connectivity index (χ1v) is 8.57. The summed E-state index contributed by atoms with van der Waals surface area (Å²) in [6.07, 6.45) is 9.96. The zero-order valence-corrected chi connectivity index (χ0v) is 13.6. The van der Waals surface area contributed by atoms with Crippen molar-refractivity contribution in [3.05, 3.63) is 78.0 Å². The van der Waals surface area contributed by atoms with E-state index in [4.69, 9.17) is 0 Å². The monoisotopic (exact) mass is 322 g/mol. The standard InChI is InChI=1S/C19H18N2OS/c22-19(21-13-4-5-14-21)17-11-6-12-20-18(17)23-15-7-10-16-8-2-1-3-9-16/h1-12H,13-15H2/b10-7+. The Labute approximate surface area is 140 Å². The quantitative estimate of drug-likeness (QED) is 0.618. The van der Waals surface area contributed by atoms with Crippen LogP contribution in [-0.2, 0) is 0 Å². The minimum atomic E-state index is 0.0534. The van der Waals surface area contributed by atoms with E-state index in [9.17, 15) is 4.79 Å². The molecule has 2 heterocycles. The van der Waals surface area contributed by atoms with Crippen molar-refractivity contribution >= 4 is 23.7 Å². The molecule has 1 amide bonds. The molecule has 3 rings (SSSR count). The Hall–Kier alpha value is -2.33. The van der Waals surface area contributed by atoms with Gasteiger partial charge in [-0.2, -0.15) is 0 Å². The second-order valence-corrected chi connectivity index (χ2v) is 6.17. The first-order valence-electron chi connectivity index (χ1n) is 7.58. The molecule has 1 aliphatic heterocycles. The van der Waals surface area contributed by atoms with Gasteiger partial charge in [0, 0.05) is 25.0 Å². The van der Waals surface area contributed by atoms with Crippen molar-refractivity contribution in [1.82, 2.24) is 9.88 Å². The second kappa shape index (κ2) is 7.79. The van der Waals surface area contributed by atoms with Crippen molar-refractivity contribution < 1.29 is 4.79 Å². The topological polar surface area (TPSA) is 33.2 Å². The Bertz CT molecular complexity index is 717. The Morgan fingerprint density at radius 2 is 1.91 bits per heavy atom. The van der Waals surface area contributed by atoms with E-state index >= 15 is 0 Å². The molecule has 0 N–H and O–H groups in total. The minimum absolute atomic E-state index is 0.0534. The summed E-state index contributed by atoms with van der Waals surface area (Å²) in [5, 5.41) is 0.794. The molecule has 0 unspecified atom stereocenters. The molecule has 1 aromatic carbocycles. The van der Waals surface area contributed by atoms with E-state index in [0.29, 0.717) is 18.7 Å². The third kappa shape index (κ3) is 4.11. The Balaban J connectivity index is 1.64. The second-order valence-electron chi connectivity index (χ2n) is 5.16. The molecule has 1 aliphatic rings. The molecule has 116 valence electrons. The van der Waals surface area contributed by atoms with Crippen LogP contribution in [-0.4, -0.2) is 34.6 Å². The number of nitrogens with zero attached hydrogens (tertiary/aromatic N) is 2. The number of pyridine rings is 1. The van der Waals surface area contributed by atoms with Gasteiger partial charge >= 0.3 is 0 Å². The summed E-state index contributed by atoms with van der Waals surface area (Å²) in [5.41, 5.74) is 1.86. The third-order valence-corrected chi connectivity index (χ3v) is 4.49. The molecule has 2 aromatic rings. The number of thioether (sulfide) groups is 1. The van der Waals surface area contributed by atoms with Gasteiger partial charge in [0.05, 0.1) is 5.56 Å². The fourth-order valence-corrected chi connectivity index (χ4v) is 3.15. The van der Waals surface area contributed by atoms with Gasteiger partial charge in [0.1, 0.15) is 5.03 Å². The van der Waals surface area contributed by atoms with E-state index in [1.54, 1.807) is 18.0 Å². The van der Waals surface area contributed by atoms with Crippen LogP contribution in [0.2, 0.25) is 0 Å². The van der Waals surface area contributed by atoms with Crippen LogP contribution in [0.15, 0.2) is 71.9 Å². The van der Waals surface area contributed by atoms with E-state index < -0.39 is 0 Å². The van der Waals surface area contributed by atoms with Crippen LogP contribution in [0.4, 0.5) is 0 Å². The highest BCUT2D eigenvalue weighted by molar-refractivity contribution is 7.99. The molecule has 0 radical (unpaired) electrons. The van der Waals surface area contributed by atoms with E-state index in [1.807, 2.05) is 47.4 Å². The Kier molecular flexibility index (Phi) is 5.27. The first kappa shape index (κ1) is 15.6.